The van der Waals surface area contributed by atoms with Gasteiger partial charge in [0.1, 0.15) is 0 Å². The third-order valence-electron chi connectivity index (χ3n) is 10.7. The monoisotopic (exact) mass is 646 g/mol. The van der Waals surface area contributed by atoms with Gasteiger partial charge in [0, 0.05) is 0 Å². The molecule has 0 unspecified atom stereocenters. The highest BCUT2D eigenvalue weighted by molar-refractivity contribution is 6.24. The summed E-state index contributed by atoms with van der Waals surface area (Å²) in [5.41, 5.74) is 11.3. The fourth-order valence-electron chi connectivity index (χ4n) is 8.36. The second-order valence-electron chi connectivity index (χ2n) is 13.7. The Morgan fingerprint density at radius 3 is 1.51 bits per heavy atom. The zero-order chi connectivity index (χ0) is 33.9. The molecule has 0 saturated heterocycles. The van der Waals surface area contributed by atoms with Crippen LogP contribution in [0.15, 0.2) is 188 Å². The number of benzene rings is 10. The van der Waals surface area contributed by atoms with E-state index in [4.69, 9.17) is 0 Å². The van der Waals surface area contributed by atoms with Crippen LogP contribution in [0.25, 0.3) is 98.4 Å². The van der Waals surface area contributed by atoms with Crippen LogP contribution in [-0.4, -0.2) is 0 Å². The Morgan fingerprint density at radius 2 is 0.784 bits per heavy atom. The molecular formula is C51H34. The van der Waals surface area contributed by atoms with Gasteiger partial charge in [0.05, 0.1) is 0 Å². The highest BCUT2D eigenvalue weighted by Gasteiger charge is 2.19. The van der Waals surface area contributed by atoms with Crippen LogP contribution in [0, 0.1) is 6.92 Å². The first-order valence-electron chi connectivity index (χ1n) is 17.8. The molecule has 0 aromatic heterocycles. The van der Waals surface area contributed by atoms with Gasteiger partial charge in [-0.2, -0.15) is 0 Å². The van der Waals surface area contributed by atoms with Crippen LogP contribution < -0.4 is 0 Å². The summed E-state index contributed by atoms with van der Waals surface area (Å²) in [5.74, 6) is 0. The molecule has 0 N–H and O–H groups in total. The van der Waals surface area contributed by atoms with Crippen molar-refractivity contribution in [1.82, 2.24) is 0 Å². The molecule has 0 fully saturated rings. The lowest BCUT2D eigenvalue weighted by atomic mass is 9.83. The van der Waals surface area contributed by atoms with Crippen molar-refractivity contribution in [2.75, 3.05) is 0 Å². The maximum absolute atomic E-state index is 2.42. The average Bonchev–Trinajstić information content (AvgIpc) is 3.19. The minimum atomic E-state index is 1.22. The van der Waals surface area contributed by atoms with Crippen LogP contribution >= 0.6 is 0 Å². The van der Waals surface area contributed by atoms with Crippen molar-refractivity contribution in [3.05, 3.63) is 194 Å². The number of hydrogen-bond donors (Lipinski definition) is 0. The fraction of sp³-hybridized carbons (Fsp3) is 0.0196. The lowest BCUT2D eigenvalue weighted by Crippen LogP contribution is -1.93. The average molecular weight is 647 g/mol. The molecule has 0 spiro atoms. The van der Waals surface area contributed by atoms with Crippen LogP contribution in [-0.2, 0) is 0 Å². The molecule has 238 valence electrons. The van der Waals surface area contributed by atoms with Crippen LogP contribution in [0.4, 0.5) is 0 Å². The van der Waals surface area contributed by atoms with Gasteiger partial charge in [-0.1, -0.05) is 170 Å². The van der Waals surface area contributed by atoms with Crippen molar-refractivity contribution in [3.63, 3.8) is 0 Å². The molecule has 0 radical (unpaired) electrons. The lowest BCUT2D eigenvalue weighted by molar-refractivity contribution is 1.52. The Labute approximate surface area is 297 Å². The van der Waals surface area contributed by atoms with Crippen LogP contribution in [0.1, 0.15) is 5.56 Å². The number of rotatable bonds is 4. The van der Waals surface area contributed by atoms with E-state index in [2.05, 4.69) is 195 Å². The number of aryl methyl sites for hydroxylation is 1. The molecule has 0 atom stereocenters. The highest BCUT2D eigenvalue weighted by Crippen LogP contribution is 2.47. The topological polar surface area (TPSA) is 0 Å². The largest absolute Gasteiger partial charge is 0.0622 e. The van der Waals surface area contributed by atoms with E-state index in [1.165, 1.54) is 104 Å². The van der Waals surface area contributed by atoms with Gasteiger partial charge in [0.25, 0.3) is 0 Å². The minimum Gasteiger partial charge on any atom is -0.0622 e. The molecule has 0 aliphatic rings. The zero-order valence-corrected chi connectivity index (χ0v) is 28.4. The molecular weight excluding hydrogens is 613 g/mol. The summed E-state index contributed by atoms with van der Waals surface area (Å²) in [7, 11) is 0. The van der Waals surface area contributed by atoms with E-state index >= 15 is 0 Å². The van der Waals surface area contributed by atoms with E-state index in [1.54, 1.807) is 0 Å². The van der Waals surface area contributed by atoms with Gasteiger partial charge in [-0.25, -0.2) is 0 Å². The van der Waals surface area contributed by atoms with Gasteiger partial charge in [0.2, 0.25) is 0 Å². The minimum absolute atomic E-state index is 1.22. The quantitative estimate of drug-likeness (QED) is 0.167. The number of hydrogen-bond acceptors (Lipinski definition) is 0. The predicted molar refractivity (Wildman–Crippen MR) is 220 cm³/mol. The Morgan fingerprint density at radius 1 is 0.255 bits per heavy atom. The van der Waals surface area contributed by atoms with Crippen LogP contribution in [0.5, 0.6) is 0 Å². The molecule has 0 bridgehead atoms. The molecule has 0 heteroatoms. The summed E-state index contributed by atoms with van der Waals surface area (Å²) in [5, 5.41) is 12.7. The third kappa shape index (κ3) is 4.83. The maximum Gasteiger partial charge on any atom is -0.00201 e. The summed E-state index contributed by atoms with van der Waals surface area (Å²) >= 11 is 0. The SMILES string of the molecule is Cc1cc(-c2ccc(-c3c4ccccc4c(-c4ccccc4)c4ccccc34)c3ccc(-c4ccc5ccccc5c4)cc23)cc2ccccc12. The Hall–Kier alpha value is -6.50. The molecule has 51 heavy (non-hydrogen) atoms. The smallest absolute Gasteiger partial charge is 0.00201 e. The van der Waals surface area contributed by atoms with Gasteiger partial charge in [0.15, 0.2) is 0 Å². The molecule has 0 nitrogen and oxygen atoms in total. The fourth-order valence-corrected chi connectivity index (χ4v) is 8.36. The summed E-state index contributed by atoms with van der Waals surface area (Å²) < 4.78 is 0. The lowest BCUT2D eigenvalue weighted by Gasteiger charge is -2.20. The number of fused-ring (bicyclic) bond motifs is 5. The van der Waals surface area contributed by atoms with Crippen LogP contribution in [0.3, 0.4) is 0 Å². The third-order valence-corrected chi connectivity index (χ3v) is 10.7. The Bertz CT molecular complexity index is 2910. The highest BCUT2D eigenvalue weighted by atomic mass is 14.2. The van der Waals surface area contributed by atoms with Gasteiger partial charge >= 0.3 is 0 Å². The van der Waals surface area contributed by atoms with E-state index < -0.39 is 0 Å². The molecule has 10 rings (SSSR count). The maximum atomic E-state index is 2.42. The Kier molecular flexibility index (Phi) is 6.82. The summed E-state index contributed by atoms with van der Waals surface area (Å²) in [6.07, 6.45) is 0. The second-order valence-corrected chi connectivity index (χ2v) is 13.7. The normalized spacial score (nSPS) is 11.6. The first kappa shape index (κ1) is 29.4. The standard InChI is InChI=1S/C51H34/c1-33-29-40(31-39-17-7-8-18-41(33)39)42-27-28-48(43-26-25-38(32-49(42)43)37-24-23-34-13-5-6-16-36(34)30-37)51-46-21-11-9-19-44(46)50(35-14-3-2-4-15-35)45-20-10-12-22-47(45)51/h2-32H,1H3. The van der Waals surface area contributed by atoms with Gasteiger partial charge in [-0.3, -0.25) is 0 Å². The molecule has 10 aromatic carbocycles. The summed E-state index contributed by atoms with van der Waals surface area (Å²) in [4.78, 5) is 0. The van der Waals surface area contributed by atoms with Crippen molar-refractivity contribution >= 4 is 53.9 Å². The molecule has 0 aliphatic carbocycles. The van der Waals surface area contributed by atoms with Gasteiger partial charge in [-0.15, -0.1) is 0 Å². The Balaban J connectivity index is 1.29. The van der Waals surface area contributed by atoms with E-state index in [9.17, 15) is 0 Å². The summed E-state index contributed by atoms with van der Waals surface area (Å²) in [6.45, 7) is 2.23. The summed E-state index contributed by atoms with van der Waals surface area (Å²) in [6, 6.07) is 69.5. The van der Waals surface area contributed by atoms with E-state index in [0.717, 1.165) is 0 Å². The van der Waals surface area contributed by atoms with E-state index in [-0.39, 0.29) is 0 Å². The molecule has 0 heterocycles. The van der Waals surface area contributed by atoms with Crippen molar-refractivity contribution < 1.29 is 0 Å². The molecule has 0 amide bonds. The van der Waals surface area contributed by atoms with Crippen LogP contribution in [0.2, 0.25) is 0 Å². The van der Waals surface area contributed by atoms with E-state index in [1.807, 2.05) is 0 Å². The van der Waals surface area contributed by atoms with Gasteiger partial charge in [-0.05, 0) is 129 Å². The first-order chi connectivity index (χ1) is 25.2. The molecule has 0 aliphatic heterocycles. The van der Waals surface area contributed by atoms with E-state index in [0.29, 0.717) is 0 Å². The van der Waals surface area contributed by atoms with Crippen molar-refractivity contribution in [1.29, 1.82) is 0 Å². The van der Waals surface area contributed by atoms with Crippen molar-refractivity contribution in [2.45, 2.75) is 6.92 Å². The first-order valence-corrected chi connectivity index (χ1v) is 17.8. The van der Waals surface area contributed by atoms with Crippen molar-refractivity contribution in [2.24, 2.45) is 0 Å². The molecule has 0 saturated carbocycles. The second kappa shape index (κ2) is 11.8. The molecule has 10 aromatic rings. The van der Waals surface area contributed by atoms with Crippen molar-refractivity contribution in [3.8, 4) is 44.5 Å². The van der Waals surface area contributed by atoms with Gasteiger partial charge < -0.3 is 0 Å². The predicted octanol–water partition coefficient (Wildman–Crippen LogP) is 14.4. The zero-order valence-electron chi connectivity index (χ0n) is 28.4.